The Labute approximate surface area is 241 Å². The molecule has 1 aromatic heterocycles. The van der Waals surface area contributed by atoms with Gasteiger partial charge >= 0.3 is 0 Å². The summed E-state index contributed by atoms with van der Waals surface area (Å²) in [4.78, 5) is 22.3. The Bertz CT molecular complexity index is 1470. The van der Waals surface area contributed by atoms with Crippen molar-refractivity contribution in [1.29, 1.82) is 5.26 Å². The number of imidazole rings is 1. The number of nitrogens with two attached hydrogens (primary N) is 1. The number of nitriles is 1. The summed E-state index contributed by atoms with van der Waals surface area (Å²) in [6.07, 6.45) is 8.09. The molecular formula is C32H38N6O3. The van der Waals surface area contributed by atoms with Crippen LogP contribution in [0.15, 0.2) is 59.7 Å². The molecule has 0 bridgehead atoms. The van der Waals surface area contributed by atoms with Crippen LogP contribution < -0.4 is 15.8 Å². The summed E-state index contributed by atoms with van der Waals surface area (Å²) in [5.74, 6) is 1.57. The zero-order valence-electron chi connectivity index (χ0n) is 24.0. The zero-order chi connectivity index (χ0) is 29.5. The van der Waals surface area contributed by atoms with Gasteiger partial charge in [0, 0.05) is 29.4 Å². The Balaban J connectivity index is 1.55. The van der Waals surface area contributed by atoms with Gasteiger partial charge in [0.05, 0.1) is 23.4 Å². The second-order valence-electron chi connectivity index (χ2n) is 10.6. The summed E-state index contributed by atoms with van der Waals surface area (Å²) < 4.78 is 7.77. The first-order valence-electron chi connectivity index (χ1n) is 14.1. The molecule has 2 aromatic carbocycles. The van der Waals surface area contributed by atoms with Crippen molar-refractivity contribution in [3.05, 3.63) is 77.3 Å². The quantitative estimate of drug-likeness (QED) is 0.238. The molecule has 2 heterocycles. The number of fused-ring (bicyclic) bond motifs is 1. The molecule has 3 aromatic rings. The van der Waals surface area contributed by atoms with Gasteiger partial charge in [0.15, 0.2) is 0 Å². The van der Waals surface area contributed by atoms with Crippen LogP contribution in [0.4, 0.5) is 0 Å². The van der Waals surface area contributed by atoms with E-state index in [2.05, 4.69) is 46.3 Å². The number of allylic oxidation sites excluding steroid dienone is 1. The molecule has 0 fully saturated rings. The molecule has 3 atom stereocenters. The third-order valence-corrected chi connectivity index (χ3v) is 6.97. The summed E-state index contributed by atoms with van der Waals surface area (Å²) in [6, 6.07) is 14.1. The Hall–Kier alpha value is -4.42. The molecule has 1 aliphatic heterocycles. The van der Waals surface area contributed by atoms with Crippen LogP contribution in [-0.2, 0) is 6.42 Å². The monoisotopic (exact) mass is 554 g/mol. The highest BCUT2D eigenvalue weighted by Crippen LogP contribution is 2.28. The van der Waals surface area contributed by atoms with E-state index in [0.29, 0.717) is 30.1 Å². The lowest BCUT2D eigenvalue weighted by Gasteiger charge is -2.20. The number of rotatable bonds is 10. The summed E-state index contributed by atoms with van der Waals surface area (Å²) in [5.41, 5.74) is 9.67. The molecule has 214 valence electrons. The van der Waals surface area contributed by atoms with Crippen molar-refractivity contribution in [2.75, 3.05) is 0 Å². The first kappa shape index (κ1) is 29.6. The molecule has 0 saturated heterocycles. The Morgan fingerprint density at radius 3 is 2.73 bits per heavy atom. The predicted octanol–water partition coefficient (Wildman–Crippen LogP) is 5.00. The maximum Gasteiger partial charge on any atom is 0.251 e. The molecule has 9 nitrogen and oxygen atoms in total. The number of hydrogen-bond donors (Lipinski definition) is 3. The Morgan fingerprint density at radius 1 is 1.29 bits per heavy atom. The predicted molar refractivity (Wildman–Crippen MR) is 160 cm³/mol. The van der Waals surface area contributed by atoms with Crippen molar-refractivity contribution >= 4 is 17.9 Å². The lowest BCUT2D eigenvalue weighted by molar-refractivity contribution is 0.0945. The van der Waals surface area contributed by atoms with Gasteiger partial charge in [-0.25, -0.2) is 9.98 Å². The second-order valence-corrected chi connectivity index (χ2v) is 10.6. The lowest BCUT2D eigenvalue weighted by atomic mass is 10.0. The molecule has 0 aliphatic carbocycles. The molecular weight excluding hydrogens is 516 g/mol. The molecule has 9 heteroatoms. The van der Waals surface area contributed by atoms with Crippen LogP contribution in [0.2, 0.25) is 0 Å². The van der Waals surface area contributed by atoms with Gasteiger partial charge in [-0.2, -0.15) is 5.26 Å². The fourth-order valence-corrected chi connectivity index (χ4v) is 4.68. The second kappa shape index (κ2) is 13.3. The fourth-order valence-electron chi connectivity index (χ4n) is 4.68. The minimum absolute atomic E-state index is 0.109. The van der Waals surface area contributed by atoms with E-state index in [-0.39, 0.29) is 17.5 Å². The normalized spacial score (nSPS) is 16.4. The summed E-state index contributed by atoms with van der Waals surface area (Å²) in [7, 11) is 0. The number of hydrogen-bond acceptors (Lipinski definition) is 6. The number of carbonyl (C=O) groups is 1. The SMILES string of the molecule is CCC(O)/N=C(\N)[C@H](Cc1ccc(-c2cn3c(n2)C(C)CCC=C3)cc1)NC(=O)c1ccc(OC(C)C)c(C#N)c1. The van der Waals surface area contributed by atoms with Crippen molar-refractivity contribution in [1.82, 2.24) is 14.9 Å². The van der Waals surface area contributed by atoms with Gasteiger partial charge in [0.2, 0.25) is 0 Å². The van der Waals surface area contributed by atoms with Gasteiger partial charge in [0.25, 0.3) is 5.91 Å². The van der Waals surface area contributed by atoms with E-state index in [0.717, 1.165) is 35.5 Å². The number of amides is 1. The molecule has 0 spiro atoms. The molecule has 1 aliphatic rings. The highest BCUT2D eigenvalue weighted by molar-refractivity contribution is 5.99. The molecule has 0 radical (unpaired) electrons. The lowest BCUT2D eigenvalue weighted by Crippen LogP contribution is -2.46. The van der Waals surface area contributed by atoms with E-state index >= 15 is 0 Å². The largest absolute Gasteiger partial charge is 0.490 e. The third-order valence-electron chi connectivity index (χ3n) is 6.97. The molecule has 1 amide bonds. The number of aliphatic hydroxyl groups is 1. The maximum absolute atomic E-state index is 13.2. The van der Waals surface area contributed by atoms with Crippen LogP contribution >= 0.6 is 0 Å². The third kappa shape index (κ3) is 7.41. The maximum atomic E-state index is 13.2. The van der Waals surface area contributed by atoms with Crippen LogP contribution in [0, 0.1) is 11.3 Å². The first-order chi connectivity index (χ1) is 19.7. The number of aliphatic hydroxyl groups excluding tert-OH is 1. The van der Waals surface area contributed by atoms with E-state index in [9.17, 15) is 15.2 Å². The van der Waals surface area contributed by atoms with Crippen LogP contribution in [0.3, 0.4) is 0 Å². The summed E-state index contributed by atoms with van der Waals surface area (Å²) in [5, 5.41) is 22.6. The number of aliphatic imine (C=N–C) groups is 1. The number of nitrogens with zero attached hydrogens (tertiary/aromatic N) is 4. The van der Waals surface area contributed by atoms with Crippen molar-refractivity contribution in [2.45, 2.75) is 77.7 Å². The van der Waals surface area contributed by atoms with Crippen LogP contribution in [0.1, 0.15) is 80.2 Å². The minimum atomic E-state index is -0.970. The number of carbonyl (C=O) groups excluding carboxylic acids is 1. The average Bonchev–Trinajstić information content (AvgIpc) is 3.31. The van der Waals surface area contributed by atoms with Crippen molar-refractivity contribution in [3.8, 4) is 23.1 Å². The van der Waals surface area contributed by atoms with Crippen LogP contribution in [0.5, 0.6) is 5.75 Å². The van der Waals surface area contributed by atoms with Crippen LogP contribution in [0.25, 0.3) is 17.5 Å². The number of amidine groups is 1. The number of aromatic nitrogens is 2. The van der Waals surface area contributed by atoms with Gasteiger partial charge in [-0.1, -0.05) is 44.2 Å². The van der Waals surface area contributed by atoms with E-state index in [4.69, 9.17) is 15.5 Å². The standard InChI is InChI=1S/C32H38N6O3/c1-5-29(39)37-30(34)26(36-32(40)24-13-14-28(41-20(2)3)25(17-24)18-33)16-22-9-11-23(12-10-22)27-19-38-15-7-6-8-21(4)31(38)35-27/h7,9-15,17,19-21,26,29,39H,5-6,8,16H2,1-4H3,(H2,34,37)(H,36,40)/t21?,26-,29?/m0/s1. The fraction of sp³-hybridized carbons (Fsp3) is 0.375. The minimum Gasteiger partial charge on any atom is -0.490 e. The summed E-state index contributed by atoms with van der Waals surface area (Å²) >= 11 is 0. The van der Waals surface area contributed by atoms with Gasteiger partial charge in [0.1, 0.15) is 29.7 Å². The first-order valence-corrected chi connectivity index (χ1v) is 14.1. The van der Waals surface area contributed by atoms with Gasteiger partial charge in [-0.3, -0.25) is 4.79 Å². The van der Waals surface area contributed by atoms with Crippen LogP contribution in [-0.4, -0.2) is 44.8 Å². The van der Waals surface area contributed by atoms with Crippen molar-refractivity contribution < 1.29 is 14.6 Å². The van der Waals surface area contributed by atoms with E-state index in [1.165, 1.54) is 6.07 Å². The van der Waals surface area contributed by atoms with E-state index in [1.807, 2.05) is 38.1 Å². The van der Waals surface area contributed by atoms with Crippen molar-refractivity contribution in [2.24, 2.45) is 10.7 Å². The molecule has 2 unspecified atom stereocenters. The van der Waals surface area contributed by atoms with Gasteiger partial charge in [-0.05, 0) is 63.3 Å². The number of ether oxygens (including phenoxy) is 1. The Morgan fingerprint density at radius 2 is 2.05 bits per heavy atom. The number of benzene rings is 2. The molecule has 0 saturated carbocycles. The number of nitrogens with one attached hydrogen (secondary N) is 1. The molecule has 4 rings (SSSR count). The topological polar surface area (TPSA) is 139 Å². The van der Waals surface area contributed by atoms with E-state index < -0.39 is 18.2 Å². The van der Waals surface area contributed by atoms with E-state index in [1.54, 1.807) is 19.1 Å². The average molecular weight is 555 g/mol. The highest BCUT2D eigenvalue weighted by Gasteiger charge is 2.21. The highest BCUT2D eigenvalue weighted by atomic mass is 16.5. The molecule has 4 N–H and O–H groups in total. The summed E-state index contributed by atoms with van der Waals surface area (Å²) in [6.45, 7) is 7.73. The Kier molecular flexibility index (Phi) is 9.58. The van der Waals surface area contributed by atoms with Gasteiger partial charge in [-0.15, -0.1) is 0 Å². The smallest absolute Gasteiger partial charge is 0.251 e. The van der Waals surface area contributed by atoms with Gasteiger partial charge < -0.3 is 25.5 Å². The van der Waals surface area contributed by atoms with Crippen molar-refractivity contribution in [3.63, 3.8) is 0 Å². The molecule has 41 heavy (non-hydrogen) atoms. The zero-order valence-corrected chi connectivity index (χ0v) is 24.0.